The van der Waals surface area contributed by atoms with Gasteiger partial charge in [-0.15, -0.1) is 0 Å². The van der Waals surface area contributed by atoms with Crippen LogP contribution in [0.1, 0.15) is 33.4 Å². The molecule has 10 aromatic rings. The molecule has 2 heteroatoms. The van der Waals surface area contributed by atoms with Crippen molar-refractivity contribution in [2.24, 2.45) is 0 Å². The van der Waals surface area contributed by atoms with Crippen LogP contribution in [0.2, 0.25) is 0 Å². The van der Waals surface area contributed by atoms with Crippen LogP contribution in [0.4, 0.5) is 34.1 Å². The fourth-order valence-electron chi connectivity index (χ4n) is 10.1. The predicted molar refractivity (Wildman–Crippen MR) is 258 cm³/mol. The van der Waals surface area contributed by atoms with Crippen LogP contribution in [0, 0.1) is 13.8 Å². The fraction of sp³-hybridized carbons (Fsp3) is 0.0508. The number of benzene rings is 10. The van der Waals surface area contributed by atoms with E-state index < -0.39 is 5.41 Å². The van der Waals surface area contributed by atoms with Crippen LogP contribution in [0.3, 0.4) is 0 Å². The SMILES string of the molecule is Cc1ccccc1N(c1ccccc1)c1ccc2c(c1)C(c1ccccc1)(c1ccccc1)c1c-2c2ccccc2c2cc(N(c3ccccc3)c3ccccc3C)ccc12. The van der Waals surface area contributed by atoms with E-state index in [1.807, 2.05) is 0 Å². The van der Waals surface area contributed by atoms with Crippen molar-refractivity contribution in [2.45, 2.75) is 19.3 Å². The van der Waals surface area contributed by atoms with Gasteiger partial charge in [-0.3, -0.25) is 0 Å². The molecule has 0 N–H and O–H groups in total. The van der Waals surface area contributed by atoms with Gasteiger partial charge in [0.15, 0.2) is 0 Å². The normalized spacial score (nSPS) is 12.6. The number of hydrogen-bond acceptors (Lipinski definition) is 2. The maximum absolute atomic E-state index is 2.49. The van der Waals surface area contributed by atoms with Gasteiger partial charge in [0.2, 0.25) is 0 Å². The molecule has 1 aliphatic carbocycles. The molecule has 10 aromatic carbocycles. The number of anilines is 6. The molecule has 0 amide bonds. The minimum Gasteiger partial charge on any atom is -0.310 e. The highest BCUT2D eigenvalue weighted by Gasteiger charge is 2.48. The molecule has 0 saturated carbocycles. The van der Waals surface area contributed by atoms with Crippen LogP contribution >= 0.6 is 0 Å². The van der Waals surface area contributed by atoms with Crippen molar-refractivity contribution in [3.8, 4) is 11.1 Å². The zero-order valence-corrected chi connectivity index (χ0v) is 34.3. The molecule has 0 atom stereocenters. The van der Waals surface area contributed by atoms with Gasteiger partial charge in [-0.05, 0) is 141 Å². The van der Waals surface area contributed by atoms with Crippen molar-refractivity contribution in [3.63, 3.8) is 0 Å². The lowest BCUT2D eigenvalue weighted by Crippen LogP contribution is -2.29. The van der Waals surface area contributed by atoms with E-state index in [4.69, 9.17) is 0 Å². The number of rotatable bonds is 8. The van der Waals surface area contributed by atoms with Gasteiger partial charge in [0, 0.05) is 34.1 Å². The zero-order chi connectivity index (χ0) is 40.9. The fourth-order valence-corrected chi connectivity index (χ4v) is 10.1. The second-order valence-corrected chi connectivity index (χ2v) is 16.2. The smallest absolute Gasteiger partial charge is 0.0720 e. The zero-order valence-electron chi connectivity index (χ0n) is 34.3. The molecular weight excluding hydrogens is 737 g/mol. The third-order valence-electron chi connectivity index (χ3n) is 12.7. The number of fused-ring (bicyclic) bond motifs is 8. The summed E-state index contributed by atoms with van der Waals surface area (Å²) in [5.74, 6) is 0. The highest BCUT2D eigenvalue weighted by molar-refractivity contribution is 6.20. The summed E-state index contributed by atoms with van der Waals surface area (Å²) in [5.41, 5.74) is 16.3. The Bertz CT molecular complexity index is 3170. The van der Waals surface area contributed by atoms with Crippen LogP contribution in [-0.2, 0) is 5.41 Å². The summed E-state index contributed by atoms with van der Waals surface area (Å²) in [6.07, 6.45) is 0. The van der Waals surface area contributed by atoms with E-state index in [0.717, 1.165) is 34.1 Å². The molecule has 2 nitrogen and oxygen atoms in total. The molecule has 0 bridgehead atoms. The number of hydrogen-bond donors (Lipinski definition) is 0. The molecular formula is C59H44N2. The first-order valence-corrected chi connectivity index (χ1v) is 21.2. The average Bonchev–Trinajstić information content (AvgIpc) is 3.63. The van der Waals surface area contributed by atoms with E-state index in [-0.39, 0.29) is 0 Å². The highest BCUT2D eigenvalue weighted by Crippen LogP contribution is 2.61. The van der Waals surface area contributed by atoms with Crippen LogP contribution in [0.5, 0.6) is 0 Å². The second-order valence-electron chi connectivity index (χ2n) is 16.2. The number of para-hydroxylation sites is 4. The summed E-state index contributed by atoms with van der Waals surface area (Å²) in [6.45, 7) is 4.41. The van der Waals surface area contributed by atoms with Gasteiger partial charge in [-0.25, -0.2) is 0 Å². The van der Waals surface area contributed by atoms with Crippen LogP contribution < -0.4 is 9.80 Å². The van der Waals surface area contributed by atoms with Crippen molar-refractivity contribution in [1.82, 2.24) is 0 Å². The maximum Gasteiger partial charge on any atom is 0.0720 e. The van der Waals surface area contributed by atoms with Crippen molar-refractivity contribution in [3.05, 3.63) is 264 Å². The van der Waals surface area contributed by atoms with Gasteiger partial charge in [0.1, 0.15) is 0 Å². The monoisotopic (exact) mass is 780 g/mol. The summed E-state index contributed by atoms with van der Waals surface area (Å²) in [4.78, 5) is 4.83. The first kappa shape index (κ1) is 36.4. The van der Waals surface area contributed by atoms with E-state index >= 15 is 0 Å². The van der Waals surface area contributed by atoms with Crippen molar-refractivity contribution >= 4 is 55.7 Å². The summed E-state index contributed by atoms with van der Waals surface area (Å²) >= 11 is 0. The molecule has 61 heavy (non-hydrogen) atoms. The standard InChI is InChI=1S/C59H44N2/c1-41-21-15-19-33-55(41)60(45-27-11-5-12-28-45)47-35-37-51-53(39-47)49-31-17-18-32-50(49)57-52-38-36-48(61(46-29-13-6-14-30-46)56-34-20-16-22-42(56)2)40-54(52)59(58(51)57,43-23-7-3-8-24-43)44-25-9-4-10-26-44/h3-40H,1-2H3. The Morgan fingerprint density at radius 2 is 0.770 bits per heavy atom. The van der Waals surface area contributed by atoms with Gasteiger partial charge < -0.3 is 9.80 Å². The Morgan fingerprint density at radius 3 is 1.31 bits per heavy atom. The number of aryl methyl sites for hydroxylation is 2. The first-order valence-electron chi connectivity index (χ1n) is 21.2. The average molecular weight is 781 g/mol. The maximum atomic E-state index is 2.49. The Balaban J connectivity index is 1.26. The Hall–Kier alpha value is -7.68. The van der Waals surface area contributed by atoms with E-state index in [9.17, 15) is 0 Å². The van der Waals surface area contributed by atoms with Gasteiger partial charge in [0.25, 0.3) is 0 Å². The van der Waals surface area contributed by atoms with E-state index in [0.29, 0.717) is 0 Å². The molecule has 11 rings (SSSR count). The van der Waals surface area contributed by atoms with E-state index in [2.05, 4.69) is 254 Å². The van der Waals surface area contributed by atoms with Gasteiger partial charge in [-0.2, -0.15) is 0 Å². The lowest BCUT2D eigenvalue weighted by molar-refractivity contribution is 0.776. The van der Waals surface area contributed by atoms with Crippen molar-refractivity contribution in [1.29, 1.82) is 0 Å². The molecule has 0 fully saturated rings. The molecule has 290 valence electrons. The van der Waals surface area contributed by atoms with Crippen LogP contribution in [0.25, 0.3) is 32.7 Å². The van der Waals surface area contributed by atoms with Gasteiger partial charge in [-0.1, -0.05) is 170 Å². The topological polar surface area (TPSA) is 6.48 Å². The summed E-state index contributed by atoms with van der Waals surface area (Å²) in [6, 6.07) is 84.8. The molecule has 0 spiro atoms. The molecule has 0 heterocycles. The third-order valence-corrected chi connectivity index (χ3v) is 12.7. The molecule has 1 aliphatic rings. The second kappa shape index (κ2) is 14.9. The molecule has 0 saturated heterocycles. The first-order chi connectivity index (χ1) is 30.1. The Morgan fingerprint density at radius 1 is 0.328 bits per heavy atom. The van der Waals surface area contributed by atoms with E-state index in [1.165, 1.54) is 66.1 Å². The Labute approximate surface area is 358 Å². The molecule has 0 unspecified atom stereocenters. The Kier molecular flexibility index (Phi) is 8.86. The summed E-state index contributed by atoms with van der Waals surface area (Å²) < 4.78 is 0. The van der Waals surface area contributed by atoms with Gasteiger partial charge in [0.05, 0.1) is 5.41 Å². The lowest BCUT2D eigenvalue weighted by Gasteiger charge is -2.36. The molecule has 0 radical (unpaired) electrons. The predicted octanol–water partition coefficient (Wildman–Crippen LogP) is 15.9. The molecule has 0 aromatic heterocycles. The molecule has 0 aliphatic heterocycles. The largest absolute Gasteiger partial charge is 0.310 e. The van der Waals surface area contributed by atoms with Crippen molar-refractivity contribution < 1.29 is 0 Å². The van der Waals surface area contributed by atoms with Crippen LogP contribution in [-0.4, -0.2) is 0 Å². The highest BCUT2D eigenvalue weighted by atomic mass is 15.1. The summed E-state index contributed by atoms with van der Waals surface area (Å²) in [7, 11) is 0. The lowest BCUT2D eigenvalue weighted by atomic mass is 9.66. The van der Waals surface area contributed by atoms with Crippen molar-refractivity contribution in [2.75, 3.05) is 9.80 Å². The quantitative estimate of drug-likeness (QED) is 0.142. The summed E-state index contributed by atoms with van der Waals surface area (Å²) in [5, 5.41) is 4.98. The minimum absolute atomic E-state index is 0.643. The van der Waals surface area contributed by atoms with E-state index in [1.54, 1.807) is 0 Å². The number of nitrogens with zero attached hydrogens (tertiary/aromatic N) is 2. The van der Waals surface area contributed by atoms with Crippen LogP contribution in [0.15, 0.2) is 231 Å². The minimum atomic E-state index is -0.643. The van der Waals surface area contributed by atoms with Gasteiger partial charge >= 0.3 is 0 Å². The third kappa shape index (κ3) is 5.79.